The lowest BCUT2D eigenvalue weighted by atomic mass is 9.84. The molecule has 27 heavy (non-hydrogen) atoms. The Bertz CT molecular complexity index is 907. The highest BCUT2D eigenvalue weighted by atomic mass is 16.4. The normalized spacial score (nSPS) is 15.0. The summed E-state index contributed by atoms with van der Waals surface area (Å²) in [4.78, 5) is 11.3. The maximum absolute atomic E-state index is 11.3. The highest BCUT2D eigenvalue weighted by Gasteiger charge is 2.18. The average Bonchev–Trinajstić information content (AvgIpc) is 3.12. The highest BCUT2D eigenvalue weighted by molar-refractivity contribution is 5.75. The van der Waals surface area contributed by atoms with Crippen LogP contribution in [0.2, 0.25) is 0 Å². The second kappa shape index (κ2) is 7.78. The number of nitrogens with zero attached hydrogens (tertiary/aromatic N) is 2. The molecule has 0 aliphatic heterocycles. The molecule has 0 spiro atoms. The van der Waals surface area contributed by atoms with E-state index >= 15 is 0 Å². The molecular formula is C23H24N2O2. The van der Waals surface area contributed by atoms with Crippen LogP contribution in [0.5, 0.6) is 0 Å². The number of carbonyl (C=O) groups is 1. The molecule has 1 aromatic heterocycles. The van der Waals surface area contributed by atoms with Crippen molar-refractivity contribution in [2.75, 3.05) is 0 Å². The number of rotatable bonds is 5. The van der Waals surface area contributed by atoms with Crippen LogP contribution in [0.1, 0.15) is 49.1 Å². The molecule has 1 N–H and O–H groups in total. The molecular weight excluding hydrogens is 336 g/mol. The van der Waals surface area contributed by atoms with Crippen LogP contribution < -0.4 is 0 Å². The van der Waals surface area contributed by atoms with E-state index in [1.807, 2.05) is 36.5 Å². The van der Waals surface area contributed by atoms with Gasteiger partial charge in [-0.15, -0.1) is 0 Å². The smallest absolute Gasteiger partial charge is 0.307 e. The quantitative estimate of drug-likeness (QED) is 0.679. The molecule has 0 unspecified atom stereocenters. The van der Waals surface area contributed by atoms with E-state index in [0.717, 1.165) is 22.5 Å². The lowest BCUT2D eigenvalue weighted by Gasteiger charge is -2.22. The zero-order chi connectivity index (χ0) is 18.6. The number of aliphatic carboxylic acids is 1. The van der Waals surface area contributed by atoms with Crippen molar-refractivity contribution in [3.63, 3.8) is 0 Å². The fraction of sp³-hybridized carbons (Fsp3) is 0.304. The van der Waals surface area contributed by atoms with Gasteiger partial charge in [-0.3, -0.25) is 4.79 Å². The molecule has 0 amide bonds. The van der Waals surface area contributed by atoms with Gasteiger partial charge in [0.05, 0.1) is 17.8 Å². The molecule has 0 bridgehead atoms. The van der Waals surface area contributed by atoms with E-state index in [0.29, 0.717) is 5.92 Å². The zero-order valence-corrected chi connectivity index (χ0v) is 15.3. The third-order valence-electron chi connectivity index (χ3n) is 5.41. The van der Waals surface area contributed by atoms with Crippen molar-refractivity contribution >= 4 is 5.97 Å². The molecule has 1 fully saturated rings. The fourth-order valence-electron chi connectivity index (χ4n) is 4.01. The van der Waals surface area contributed by atoms with Crippen LogP contribution in [-0.2, 0) is 11.2 Å². The minimum Gasteiger partial charge on any atom is -0.481 e. The summed E-state index contributed by atoms with van der Waals surface area (Å²) in [6, 6.07) is 18.4. The minimum absolute atomic E-state index is 0.0352. The van der Waals surface area contributed by atoms with E-state index in [2.05, 4.69) is 24.3 Å². The Kier molecular flexibility index (Phi) is 5.05. The Morgan fingerprint density at radius 1 is 1.00 bits per heavy atom. The van der Waals surface area contributed by atoms with E-state index in [1.54, 1.807) is 4.68 Å². The number of carboxylic acids is 1. The van der Waals surface area contributed by atoms with E-state index < -0.39 is 5.97 Å². The van der Waals surface area contributed by atoms with E-state index in [9.17, 15) is 9.90 Å². The van der Waals surface area contributed by atoms with Crippen LogP contribution in [0.4, 0.5) is 0 Å². The molecule has 2 aromatic carbocycles. The van der Waals surface area contributed by atoms with Gasteiger partial charge in [0.15, 0.2) is 0 Å². The van der Waals surface area contributed by atoms with Gasteiger partial charge in [0.1, 0.15) is 0 Å². The van der Waals surface area contributed by atoms with Gasteiger partial charge < -0.3 is 5.11 Å². The van der Waals surface area contributed by atoms with Gasteiger partial charge in [-0.05, 0) is 36.5 Å². The maximum atomic E-state index is 11.3. The molecule has 4 nitrogen and oxygen atoms in total. The predicted octanol–water partition coefficient (Wildman–Crippen LogP) is 5.21. The molecule has 1 heterocycles. The molecule has 4 heteroatoms. The van der Waals surface area contributed by atoms with E-state index in [-0.39, 0.29) is 6.42 Å². The van der Waals surface area contributed by atoms with E-state index in [1.165, 1.54) is 37.7 Å². The van der Waals surface area contributed by atoms with Crippen molar-refractivity contribution in [2.24, 2.45) is 0 Å². The number of benzene rings is 2. The van der Waals surface area contributed by atoms with Gasteiger partial charge >= 0.3 is 5.97 Å². The average molecular weight is 360 g/mol. The number of hydrogen-bond acceptors (Lipinski definition) is 2. The lowest BCUT2D eigenvalue weighted by Crippen LogP contribution is -2.04. The minimum atomic E-state index is -0.845. The number of para-hydroxylation sites is 1. The topological polar surface area (TPSA) is 55.1 Å². The summed E-state index contributed by atoms with van der Waals surface area (Å²) in [5.41, 5.74) is 4.77. The van der Waals surface area contributed by atoms with Crippen LogP contribution in [-0.4, -0.2) is 20.9 Å². The Balaban J connectivity index is 1.67. The van der Waals surface area contributed by atoms with Gasteiger partial charge in [0.25, 0.3) is 0 Å². The summed E-state index contributed by atoms with van der Waals surface area (Å²) in [5, 5.41) is 14.0. The number of aromatic nitrogens is 2. The van der Waals surface area contributed by atoms with Crippen LogP contribution >= 0.6 is 0 Å². The monoisotopic (exact) mass is 360 g/mol. The van der Waals surface area contributed by atoms with Crippen LogP contribution in [0.3, 0.4) is 0 Å². The first-order chi connectivity index (χ1) is 13.2. The molecule has 1 aliphatic rings. The summed E-state index contributed by atoms with van der Waals surface area (Å²) in [6.45, 7) is 0. The Hall–Kier alpha value is -2.88. The molecule has 0 radical (unpaired) electrons. The van der Waals surface area contributed by atoms with Gasteiger partial charge in [-0.25, -0.2) is 4.68 Å². The summed E-state index contributed by atoms with van der Waals surface area (Å²) in [5.74, 6) is -0.184. The van der Waals surface area contributed by atoms with Gasteiger partial charge in [-0.2, -0.15) is 5.10 Å². The molecule has 1 aliphatic carbocycles. The first-order valence-electron chi connectivity index (χ1n) is 9.67. The maximum Gasteiger partial charge on any atom is 0.307 e. The molecule has 1 saturated carbocycles. The van der Waals surface area contributed by atoms with Crippen molar-refractivity contribution in [1.29, 1.82) is 0 Å². The second-order valence-electron chi connectivity index (χ2n) is 7.31. The van der Waals surface area contributed by atoms with Crippen molar-refractivity contribution in [1.82, 2.24) is 9.78 Å². The predicted molar refractivity (Wildman–Crippen MR) is 106 cm³/mol. The summed E-state index contributed by atoms with van der Waals surface area (Å²) >= 11 is 0. The highest BCUT2D eigenvalue weighted by Crippen LogP contribution is 2.34. The van der Waals surface area contributed by atoms with Crippen LogP contribution in [0, 0.1) is 0 Å². The third-order valence-corrected chi connectivity index (χ3v) is 5.41. The third kappa shape index (κ3) is 3.95. The van der Waals surface area contributed by atoms with Gasteiger partial charge in [0, 0.05) is 17.3 Å². The molecule has 0 atom stereocenters. The molecule has 0 saturated heterocycles. The second-order valence-corrected chi connectivity index (χ2v) is 7.31. The molecule has 138 valence electrons. The fourth-order valence-corrected chi connectivity index (χ4v) is 4.01. The largest absolute Gasteiger partial charge is 0.481 e. The first kappa shape index (κ1) is 17.5. The SMILES string of the molecule is O=C(O)Cc1cn(-c2ccccc2)nc1-c1ccc(C2CCCCC2)cc1. The number of carboxylic acid groups (broad SMARTS) is 1. The van der Waals surface area contributed by atoms with Gasteiger partial charge in [-0.1, -0.05) is 61.7 Å². The zero-order valence-electron chi connectivity index (χ0n) is 15.3. The Labute approximate surface area is 159 Å². The summed E-state index contributed by atoms with van der Waals surface area (Å²) in [7, 11) is 0. The van der Waals surface area contributed by atoms with Crippen LogP contribution in [0.15, 0.2) is 60.8 Å². The Morgan fingerprint density at radius 2 is 1.70 bits per heavy atom. The lowest BCUT2D eigenvalue weighted by molar-refractivity contribution is -0.136. The number of hydrogen-bond donors (Lipinski definition) is 1. The first-order valence-corrected chi connectivity index (χ1v) is 9.67. The van der Waals surface area contributed by atoms with E-state index in [4.69, 9.17) is 5.10 Å². The van der Waals surface area contributed by atoms with Crippen molar-refractivity contribution in [2.45, 2.75) is 44.4 Å². The van der Waals surface area contributed by atoms with Crippen molar-refractivity contribution in [3.05, 3.63) is 71.9 Å². The van der Waals surface area contributed by atoms with Crippen LogP contribution in [0.25, 0.3) is 16.9 Å². The Morgan fingerprint density at radius 3 is 2.37 bits per heavy atom. The van der Waals surface area contributed by atoms with Crippen molar-refractivity contribution in [3.8, 4) is 16.9 Å². The molecule has 3 aromatic rings. The summed E-state index contributed by atoms with van der Waals surface area (Å²) in [6.07, 6.45) is 8.32. The summed E-state index contributed by atoms with van der Waals surface area (Å²) < 4.78 is 1.77. The van der Waals surface area contributed by atoms with Crippen molar-refractivity contribution < 1.29 is 9.90 Å². The standard InChI is InChI=1S/C23H24N2O2/c26-22(27)15-20-16-25(21-9-5-2-6-10-21)24-23(20)19-13-11-18(12-14-19)17-7-3-1-4-8-17/h2,5-6,9-14,16-17H,1,3-4,7-8,15H2,(H,26,27). The molecule has 4 rings (SSSR count). The van der Waals surface area contributed by atoms with Gasteiger partial charge in [0.2, 0.25) is 0 Å².